The Morgan fingerprint density at radius 1 is 1.02 bits per heavy atom. The normalized spacial score (nSPS) is 15.0. The molecule has 228 valence electrons. The highest BCUT2D eigenvalue weighted by Gasteiger charge is 2.32. The topological polar surface area (TPSA) is 99.9 Å². The van der Waals surface area contributed by atoms with Gasteiger partial charge in [-0.05, 0) is 54.6 Å². The highest BCUT2D eigenvalue weighted by molar-refractivity contribution is 6.03. The molecule has 1 aliphatic heterocycles. The number of anilines is 3. The summed E-state index contributed by atoms with van der Waals surface area (Å²) in [6, 6.07) is 14.9. The fourth-order valence-electron chi connectivity index (χ4n) is 4.60. The maximum atomic E-state index is 14.6. The van der Waals surface area contributed by atoms with Gasteiger partial charge in [0.25, 0.3) is 0 Å². The highest BCUT2D eigenvalue weighted by Crippen LogP contribution is 2.32. The summed E-state index contributed by atoms with van der Waals surface area (Å²) in [6.07, 6.45) is -1.75. The average molecular weight is 600 g/mol. The average Bonchev–Trinajstić information content (AvgIpc) is 2.98. The van der Waals surface area contributed by atoms with Gasteiger partial charge in [0.15, 0.2) is 0 Å². The molecule has 1 atom stereocenters. The summed E-state index contributed by atoms with van der Waals surface area (Å²) in [7, 11) is 1.75. The molecule has 12 heteroatoms. The molecular formula is C31H33F4N5O3. The van der Waals surface area contributed by atoms with Crippen LogP contribution < -0.4 is 16.4 Å². The molecule has 1 fully saturated rings. The van der Waals surface area contributed by atoms with Gasteiger partial charge in [0.2, 0.25) is 11.8 Å². The molecule has 0 aromatic heterocycles. The van der Waals surface area contributed by atoms with Crippen molar-refractivity contribution in [2.75, 3.05) is 62.8 Å². The predicted octanol–water partition coefficient (Wildman–Crippen LogP) is 5.02. The van der Waals surface area contributed by atoms with Crippen LogP contribution in [0.15, 0.2) is 72.8 Å². The largest absolute Gasteiger partial charge is 0.416 e. The number of hydrogen-bond acceptors (Lipinski definition) is 6. The van der Waals surface area contributed by atoms with Gasteiger partial charge in [0.1, 0.15) is 11.9 Å². The molecule has 1 aliphatic rings. The predicted molar refractivity (Wildman–Crippen MR) is 158 cm³/mol. The van der Waals surface area contributed by atoms with Gasteiger partial charge >= 0.3 is 6.18 Å². The number of morpholine rings is 1. The fraction of sp³-hybridized carbons (Fsp3) is 0.290. The monoisotopic (exact) mass is 599 g/mol. The van der Waals surface area contributed by atoms with E-state index in [-0.39, 0.29) is 11.6 Å². The number of nitrogens with two attached hydrogens (primary N) is 1. The number of carbonyl (C=O) groups is 2. The first kappa shape index (κ1) is 31.7. The van der Waals surface area contributed by atoms with Crippen molar-refractivity contribution >= 4 is 35.0 Å². The summed E-state index contributed by atoms with van der Waals surface area (Å²) in [5.74, 6) is -2.17. The molecule has 1 heterocycles. The number of nitrogens with zero attached hydrogens (tertiary/aromatic N) is 2. The Kier molecular flexibility index (Phi) is 10.5. The number of hydrogen-bond donors (Lipinski definition) is 3. The van der Waals surface area contributed by atoms with E-state index in [1.807, 2.05) is 0 Å². The lowest BCUT2D eigenvalue weighted by molar-refractivity contribution is -0.137. The van der Waals surface area contributed by atoms with Crippen molar-refractivity contribution in [3.8, 4) is 0 Å². The van der Waals surface area contributed by atoms with E-state index in [9.17, 15) is 27.2 Å². The molecule has 0 saturated carbocycles. The van der Waals surface area contributed by atoms with Crippen LogP contribution in [0.3, 0.4) is 0 Å². The van der Waals surface area contributed by atoms with Gasteiger partial charge in [-0.25, -0.2) is 4.39 Å². The van der Waals surface area contributed by atoms with E-state index in [0.717, 1.165) is 25.2 Å². The van der Waals surface area contributed by atoms with Crippen LogP contribution in [-0.4, -0.2) is 68.1 Å². The van der Waals surface area contributed by atoms with Gasteiger partial charge in [0.05, 0.1) is 35.8 Å². The molecule has 0 radical (unpaired) electrons. The molecule has 43 heavy (non-hydrogen) atoms. The molecule has 4 N–H and O–H groups in total. The zero-order chi connectivity index (χ0) is 31.0. The number of carbonyl (C=O) groups excluding carboxylic acids is 2. The lowest BCUT2D eigenvalue weighted by atomic mass is 10.0. The van der Waals surface area contributed by atoms with Crippen LogP contribution in [0.1, 0.15) is 22.7 Å². The van der Waals surface area contributed by atoms with Crippen molar-refractivity contribution in [1.29, 1.82) is 0 Å². The smallest absolute Gasteiger partial charge is 0.397 e. The summed E-state index contributed by atoms with van der Waals surface area (Å²) in [5.41, 5.74) is 6.55. The third-order valence-electron chi connectivity index (χ3n) is 7.01. The van der Waals surface area contributed by atoms with Crippen molar-refractivity contribution < 1.29 is 31.9 Å². The number of nitrogen functional groups attached to an aromatic ring is 1. The molecule has 3 aromatic rings. The van der Waals surface area contributed by atoms with E-state index in [4.69, 9.17) is 10.5 Å². The third kappa shape index (κ3) is 8.87. The Morgan fingerprint density at radius 3 is 2.37 bits per heavy atom. The third-order valence-corrected chi connectivity index (χ3v) is 7.01. The fourth-order valence-corrected chi connectivity index (χ4v) is 4.60. The van der Waals surface area contributed by atoms with Gasteiger partial charge in [0, 0.05) is 32.3 Å². The van der Waals surface area contributed by atoms with Gasteiger partial charge in [-0.3, -0.25) is 19.4 Å². The van der Waals surface area contributed by atoms with E-state index in [1.54, 1.807) is 66.6 Å². The van der Waals surface area contributed by atoms with Gasteiger partial charge in [-0.1, -0.05) is 36.4 Å². The molecule has 4 rings (SSSR count). The Bertz CT molecular complexity index is 1440. The van der Waals surface area contributed by atoms with E-state index >= 15 is 0 Å². The van der Waals surface area contributed by atoms with Crippen LogP contribution in [0.5, 0.6) is 0 Å². The summed E-state index contributed by atoms with van der Waals surface area (Å²) in [4.78, 5) is 29.8. The summed E-state index contributed by atoms with van der Waals surface area (Å²) >= 11 is 0. The van der Waals surface area contributed by atoms with Crippen LogP contribution in [0.4, 0.5) is 34.6 Å². The number of alkyl halides is 3. The minimum atomic E-state index is -4.71. The second kappa shape index (κ2) is 14.3. The number of nitrogens with one attached hydrogen (secondary N) is 2. The number of amides is 2. The van der Waals surface area contributed by atoms with Crippen LogP contribution in [0.25, 0.3) is 6.08 Å². The maximum absolute atomic E-state index is 14.6. The summed E-state index contributed by atoms with van der Waals surface area (Å²) < 4.78 is 58.9. The van der Waals surface area contributed by atoms with Crippen molar-refractivity contribution in [2.45, 2.75) is 12.2 Å². The summed E-state index contributed by atoms with van der Waals surface area (Å²) in [6.45, 7) is 3.89. The molecule has 3 aromatic carbocycles. The van der Waals surface area contributed by atoms with Crippen molar-refractivity contribution in [2.24, 2.45) is 0 Å². The number of ether oxygens (including phenoxy) is 1. The van der Waals surface area contributed by atoms with Crippen LogP contribution in [0, 0.1) is 5.82 Å². The van der Waals surface area contributed by atoms with Crippen LogP contribution in [-0.2, 0) is 20.5 Å². The van der Waals surface area contributed by atoms with Crippen molar-refractivity contribution in [3.05, 3.63) is 95.3 Å². The molecule has 1 saturated heterocycles. The lowest BCUT2D eigenvalue weighted by Gasteiger charge is -2.32. The number of halogens is 4. The molecule has 2 amide bonds. The quantitative estimate of drug-likeness (QED) is 0.172. The van der Waals surface area contributed by atoms with Gasteiger partial charge < -0.3 is 21.1 Å². The first-order chi connectivity index (χ1) is 20.5. The lowest BCUT2D eigenvalue weighted by Crippen LogP contribution is -2.43. The summed E-state index contributed by atoms with van der Waals surface area (Å²) in [5, 5.41) is 5.16. The van der Waals surface area contributed by atoms with E-state index < -0.39 is 29.5 Å². The Balaban J connectivity index is 1.50. The zero-order valence-electron chi connectivity index (χ0n) is 23.5. The minimum absolute atomic E-state index is 0.353. The number of rotatable bonds is 10. The molecule has 0 spiro atoms. The Morgan fingerprint density at radius 2 is 1.72 bits per heavy atom. The number of likely N-dealkylation sites (N-methyl/N-ethyl adjacent to an activating group) is 1. The van der Waals surface area contributed by atoms with Gasteiger partial charge in [-0.15, -0.1) is 0 Å². The van der Waals surface area contributed by atoms with E-state index in [2.05, 4.69) is 15.5 Å². The van der Waals surface area contributed by atoms with Crippen LogP contribution >= 0.6 is 0 Å². The molecule has 8 nitrogen and oxygen atoms in total. The number of benzene rings is 3. The highest BCUT2D eigenvalue weighted by atomic mass is 19.4. The van der Waals surface area contributed by atoms with E-state index in [1.165, 1.54) is 6.08 Å². The second-order valence-electron chi connectivity index (χ2n) is 10.1. The van der Waals surface area contributed by atoms with E-state index in [0.29, 0.717) is 54.9 Å². The first-order valence-corrected chi connectivity index (χ1v) is 13.6. The standard InChI is InChI=1S/C31H33F4N5O3/c1-39(14-15-40-16-18-43-19-17-40)29(30(42)38-26-12-11-23(20-24(26)32)31(33,34)35)22-9-6-21(7-10-22)8-13-28(41)37-27-5-3-2-4-25(27)36/h2-13,20,29H,14-19,36H2,1H3,(H,37,41)(H,38,42). The van der Waals surface area contributed by atoms with Crippen LogP contribution in [0.2, 0.25) is 0 Å². The first-order valence-electron chi connectivity index (χ1n) is 13.6. The number of para-hydroxylation sites is 2. The van der Waals surface area contributed by atoms with Gasteiger partial charge in [-0.2, -0.15) is 13.2 Å². The van der Waals surface area contributed by atoms with Crippen molar-refractivity contribution in [3.63, 3.8) is 0 Å². The molecule has 0 bridgehead atoms. The van der Waals surface area contributed by atoms with Crippen molar-refractivity contribution in [1.82, 2.24) is 9.80 Å². The zero-order valence-corrected chi connectivity index (χ0v) is 23.5. The maximum Gasteiger partial charge on any atom is 0.416 e. The Labute approximate surface area is 247 Å². The molecule has 1 unspecified atom stereocenters. The molecule has 0 aliphatic carbocycles. The minimum Gasteiger partial charge on any atom is -0.397 e. The Hall–Kier alpha value is -4.26. The SMILES string of the molecule is CN(CCN1CCOCC1)C(C(=O)Nc1ccc(C(F)(F)F)cc1F)c1ccc(C=CC(=O)Nc2ccccc2N)cc1. The second-order valence-corrected chi connectivity index (χ2v) is 10.1. The molecular weight excluding hydrogens is 566 g/mol.